The van der Waals surface area contributed by atoms with Gasteiger partial charge in [-0.15, -0.1) is 0 Å². The Bertz CT molecular complexity index is 700. The molecule has 2 heteroatoms. The zero-order valence-electron chi connectivity index (χ0n) is 12.3. The SMILES string of the molecule is CC1(OC(=O)c2cccc3ccccc23)CC2CCC1C2. The third kappa shape index (κ3) is 2.05. The lowest BCUT2D eigenvalue weighted by Gasteiger charge is -2.33. The number of carbonyl (C=O) groups excluding carboxylic acids is 1. The molecule has 0 N–H and O–H groups in total. The maximum Gasteiger partial charge on any atom is 0.339 e. The molecule has 2 saturated carbocycles. The van der Waals surface area contributed by atoms with E-state index in [0.717, 1.165) is 23.1 Å². The van der Waals surface area contributed by atoms with Gasteiger partial charge in [0.25, 0.3) is 0 Å². The van der Waals surface area contributed by atoms with Gasteiger partial charge in [0.15, 0.2) is 0 Å². The molecule has 3 unspecified atom stereocenters. The largest absolute Gasteiger partial charge is 0.455 e. The molecule has 2 aliphatic rings. The Morgan fingerprint density at radius 2 is 1.95 bits per heavy atom. The summed E-state index contributed by atoms with van der Waals surface area (Å²) in [5.41, 5.74) is 0.439. The van der Waals surface area contributed by atoms with Gasteiger partial charge in [0, 0.05) is 0 Å². The van der Waals surface area contributed by atoms with Crippen molar-refractivity contribution in [3.05, 3.63) is 48.0 Å². The lowest BCUT2D eigenvalue weighted by molar-refractivity contribution is -0.0368. The van der Waals surface area contributed by atoms with Crippen molar-refractivity contribution < 1.29 is 9.53 Å². The highest BCUT2D eigenvalue weighted by Crippen LogP contribution is 2.52. The molecule has 2 nitrogen and oxygen atoms in total. The van der Waals surface area contributed by atoms with Crippen LogP contribution in [0.2, 0.25) is 0 Å². The first-order chi connectivity index (χ1) is 10.2. The highest BCUT2D eigenvalue weighted by Gasteiger charge is 2.50. The molecule has 0 heterocycles. The van der Waals surface area contributed by atoms with Crippen LogP contribution in [0.4, 0.5) is 0 Å². The average molecular weight is 280 g/mol. The molecule has 0 aliphatic heterocycles. The summed E-state index contributed by atoms with van der Waals surface area (Å²) in [6.07, 6.45) is 4.80. The summed E-state index contributed by atoms with van der Waals surface area (Å²) in [5, 5.41) is 2.07. The Morgan fingerprint density at radius 3 is 2.71 bits per heavy atom. The fourth-order valence-electron chi connectivity index (χ4n) is 4.35. The molecule has 2 aromatic carbocycles. The lowest BCUT2D eigenvalue weighted by Crippen LogP contribution is -2.37. The average Bonchev–Trinajstić information content (AvgIpc) is 3.06. The van der Waals surface area contributed by atoms with Crippen molar-refractivity contribution in [2.45, 2.75) is 38.2 Å². The molecule has 3 atom stereocenters. The van der Waals surface area contributed by atoms with Crippen LogP contribution in [0, 0.1) is 11.8 Å². The minimum atomic E-state index is -0.253. The van der Waals surface area contributed by atoms with Crippen LogP contribution < -0.4 is 0 Å². The van der Waals surface area contributed by atoms with E-state index in [1.54, 1.807) is 0 Å². The summed E-state index contributed by atoms with van der Waals surface area (Å²) in [4.78, 5) is 12.7. The van der Waals surface area contributed by atoms with Crippen LogP contribution >= 0.6 is 0 Å². The van der Waals surface area contributed by atoms with Crippen molar-refractivity contribution in [1.82, 2.24) is 0 Å². The summed E-state index contributed by atoms with van der Waals surface area (Å²) >= 11 is 0. The summed E-state index contributed by atoms with van der Waals surface area (Å²) < 4.78 is 5.99. The standard InChI is InChI=1S/C19H20O2/c1-19(12-13-9-10-15(19)11-13)21-18(20)17-8-4-6-14-5-2-3-7-16(14)17/h2-8,13,15H,9-12H2,1H3. The van der Waals surface area contributed by atoms with E-state index in [-0.39, 0.29) is 11.6 Å². The molecule has 4 rings (SSSR count). The van der Waals surface area contributed by atoms with Crippen molar-refractivity contribution in [3.8, 4) is 0 Å². The summed E-state index contributed by atoms with van der Waals surface area (Å²) in [5.74, 6) is 1.16. The molecular weight excluding hydrogens is 260 g/mol. The van der Waals surface area contributed by atoms with Crippen LogP contribution in [0.1, 0.15) is 43.0 Å². The maximum atomic E-state index is 12.7. The zero-order chi connectivity index (χ0) is 14.4. The summed E-state index contributed by atoms with van der Waals surface area (Å²) in [6.45, 7) is 2.12. The van der Waals surface area contributed by atoms with Crippen molar-refractivity contribution >= 4 is 16.7 Å². The predicted octanol–water partition coefficient (Wildman–Crippen LogP) is 4.58. The normalized spacial score (nSPS) is 30.7. The molecule has 0 amide bonds. The van der Waals surface area contributed by atoms with Crippen molar-refractivity contribution in [1.29, 1.82) is 0 Å². The predicted molar refractivity (Wildman–Crippen MR) is 83.2 cm³/mol. The fourth-order valence-corrected chi connectivity index (χ4v) is 4.35. The second-order valence-corrected chi connectivity index (χ2v) is 6.81. The van der Waals surface area contributed by atoms with Crippen molar-refractivity contribution in [2.24, 2.45) is 11.8 Å². The molecule has 0 aromatic heterocycles. The fraction of sp³-hybridized carbons (Fsp3) is 0.421. The summed E-state index contributed by atoms with van der Waals surface area (Å²) in [7, 11) is 0. The minimum Gasteiger partial charge on any atom is -0.455 e. The van der Waals surface area contributed by atoms with Gasteiger partial charge < -0.3 is 4.74 Å². The van der Waals surface area contributed by atoms with Crippen LogP contribution in [0.3, 0.4) is 0 Å². The number of rotatable bonds is 2. The second kappa shape index (κ2) is 4.59. The highest BCUT2D eigenvalue weighted by atomic mass is 16.6. The lowest BCUT2D eigenvalue weighted by atomic mass is 9.85. The first-order valence-electron chi connectivity index (χ1n) is 7.87. The Hall–Kier alpha value is -1.83. The van der Waals surface area contributed by atoms with Gasteiger partial charge in [-0.3, -0.25) is 0 Å². The van der Waals surface area contributed by atoms with Crippen LogP contribution in [-0.2, 0) is 4.74 Å². The number of hydrogen-bond donors (Lipinski definition) is 0. The maximum absolute atomic E-state index is 12.7. The Balaban J connectivity index is 1.65. The van der Waals surface area contributed by atoms with E-state index in [0.29, 0.717) is 11.5 Å². The van der Waals surface area contributed by atoms with Crippen LogP contribution in [0.15, 0.2) is 42.5 Å². The van der Waals surface area contributed by atoms with Gasteiger partial charge in [-0.05, 0) is 61.3 Å². The van der Waals surface area contributed by atoms with Crippen molar-refractivity contribution in [3.63, 3.8) is 0 Å². The van der Waals surface area contributed by atoms with E-state index < -0.39 is 0 Å². The molecule has 0 spiro atoms. The molecule has 2 fully saturated rings. The minimum absolute atomic E-state index is 0.165. The quantitative estimate of drug-likeness (QED) is 0.753. The van der Waals surface area contributed by atoms with Crippen LogP contribution in [0.5, 0.6) is 0 Å². The van der Waals surface area contributed by atoms with E-state index in [4.69, 9.17) is 4.74 Å². The van der Waals surface area contributed by atoms with Crippen LogP contribution in [-0.4, -0.2) is 11.6 Å². The molecular formula is C19H20O2. The van der Waals surface area contributed by atoms with E-state index in [1.165, 1.54) is 19.3 Å². The van der Waals surface area contributed by atoms with Gasteiger partial charge in [-0.1, -0.05) is 36.4 Å². The van der Waals surface area contributed by atoms with Crippen molar-refractivity contribution in [2.75, 3.05) is 0 Å². The second-order valence-electron chi connectivity index (χ2n) is 6.81. The molecule has 108 valence electrons. The van der Waals surface area contributed by atoms with E-state index in [9.17, 15) is 4.79 Å². The number of carbonyl (C=O) groups is 1. The van der Waals surface area contributed by atoms with E-state index >= 15 is 0 Å². The number of ether oxygens (including phenoxy) is 1. The van der Waals surface area contributed by atoms with Gasteiger partial charge >= 0.3 is 5.97 Å². The molecule has 2 aliphatic carbocycles. The number of esters is 1. The first-order valence-corrected chi connectivity index (χ1v) is 7.87. The van der Waals surface area contributed by atoms with Gasteiger partial charge in [0.05, 0.1) is 5.56 Å². The third-order valence-electron chi connectivity index (χ3n) is 5.43. The molecule has 21 heavy (non-hydrogen) atoms. The van der Waals surface area contributed by atoms with E-state index in [1.807, 2.05) is 42.5 Å². The topological polar surface area (TPSA) is 26.3 Å². The molecule has 2 aromatic rings. The van der Waals surface area contributed by atoms with Gasteiger partial charge in [-0.25, -0.2) is 4.79 Å². The highest BCUT2D eigenvalue weighted by molar-refractivity contribution is 6.04. The molecule has 0 saturated heterocycles. The monoisotopic (exact) mass is 280 g/mol. The van der Waals surface area contributed by atoms with Gasteiger partial charge in [0.1, 0.15) is 5.60 Å². The van der Waals surface area contributed by atoms with Gasteiger partial charge in [-0.2, -0.15) is 0 Å². The molecule has 2 bridgehead atoms. The van der Waals surface area contributed by atoms with E-state index in [2.05, 4.69) is 6.92 Å². The number of fused-ring (bicyclic) bond motifs is 3. The van der Waals surface area contributed by atoms with Gasteiger partial charge in [0.2, 0.25) is 0 Å². The Kier molecular flexibility index (Phi) is 2.81. The Labute approximate surface area is 125 Å². The third-order valence-corrected chi connectivity index (χ3v) is 5.43. The zero-order valence-corrected chi connectivity index (χ0v) is 12.3. The Morgan fingerprint density at radius 1 is 1.14 bits per heavy atom. The first kappa shape index (κ1) is 12.9. The van der Waals surface area contributed by atoms with Crippen LogP contribution in [0.25, 0.3) is 10.8 Å². The number of benzene rings is 2. The smallest absolute Gasteiger partial charge is 0.339 e. The molecule has 0 radical (unpaired) electrons. The number of hydrogen-bond acceptors (Lipinski definition) is 2. The summed E-state index contributed by atoms with van der Waals surface area (Å²) in [6, 6.07) is 13.8.